The Morgan fingerprint density at radius 3 is 2.50 bits per heavy atom. The highest BCUT2D eigenvalue weighted by molar-refractivity contribution is 5.50. The molecule has 0 saturated carbocycles. The molecule has 1 aromatic rings. The second kappa shape index (κ2) is 10.4. The molecule has 0 aromatic heterocycles. The van der Waals surface area contributed by atoms with E-state index in [1.165, 1.54) is 24.0 Å². The van der Waals surface area contributed by atoms with E-state index in [-0.39, 0.29) is 0 Å². The van der Waals surface area contributed by atoms with Crippen LogP contribution in [0.25, 0.3) is 0 Å². The van der Waals surface area contributed by atoms with Gasteiger partial charge in [-0.1, -0.05) is 63.1 Å². The molecule has 0 aliphatic heterocycles. The normalized spacial score (nSPS) is 12.7. The first-order chi connectivity index (χ1) is 9.80. The SMILES string of the molecule is CCCc1cccc(CC/C=C/C(CC=O)CCC)c1. The zero-order valence-electron chi connectivity index (χ0n) is 13.0. The molecule has 1 unspecified atom stereocenters. The van der Waals surface area contributed by atoms with Crippen molar-refractivity contribution in [1.29, 1.82) is 0 Å². The number of benzene rings is 1. The van der Waals surface area contributed by atoms with Gasteiger partial charge in [0.05, 0.1) is 0 Å². The van der Waals surface area contributed by atoms with Gasteiger partial charge in [-0.3, -0.25) is 0 Å². The molecule has 1 nitrogen and oxygen atoms in total. The van der Waals surface area contributed by atoms with E-state index in [2.05, 4.69) is 50.3 Å². The van der Waals surface area contributed by atoms with E-state index in [0.29, 0.717) is 12.3 Å². The number of carbonyl (C=O) groups is 1. The zero-order chi connectivity index (χ0) is 14.6. The minimum atomic E-state index is 0.434. The lowest BCUT2D eigenvalue weighted by Crippen LogP contribution is -1.96. The van der Waals surface area contributed by atoms with Crippen LogP contribution in [0.5, 0.6) is 0 Å². The van der Waals surface area contributed by atoms with Gasteiger partial charge < -0.3 is 4.79 Å². The highest BCUT2D eigenvalue weighted by atomic mass is 16.1. The molecule has 0 saturated heterocycles. The highest BCUT2D eigenvalue weighted by Gasteiger charge is 2.01. The second-order valence-electron chi connectivity index (χ2n) is 5.49. The lowest BCUT2D eigenvalue weighted by atomic mass is 9.98. The molecule has 20 heavy (non-hydrogen) atoms. The fourth-order valence-electron chi connectivity index (χ4n) is 2.56. The minimum Gasteiger partial charge on any atom is -0.303 e. The van der Waals surface area contributed by atoms with Gasteiger partial charge in [-0.2, -0.15) is 0 Å². The van der Waals surface area contributed by atoms with Crippen LogP contribution in [0.1, 0.15) is 57.1 Å². The number of aldehydes is 1. The van der Waals surface area contributed by atoms with Gasteiger partial charge in [-0.15, -0.1) is 0 Å². The second-order valence-corrected chi connectivity index (χ2v) is 5.49. The number of carbonyl (C=O) groups excluding carboxylic acids is 1. The van der Waals surface area contributed by atoms with Crippen molar-refractivity contribution in [3.63, 3.8) is 0 Å². The van der Waals surface area contributed by atoms with Gasteiger partial charge >= 0.3 is 0 Å². The van der Waals surface area contributed by atoms with E-state index in [0.717, 1.165) is 32.0 Å². The van der Waals surface area contributed by atoms with Crippen LogP contribution < -0.4 is 0 Å². The van der Waals surface area contributed by atoms with Crippen molar-refractivity contribution in [2.75, 3.05) is 0 Å². The molecule has 0 aliphatic carbocycles. The molecule has 0 amide bonds. The Morgan fingerprint density at radius 2 is 1.85 bits per heavy atom. The molecule has 0 heterocycles. The maximum Gasteiger partial charge on any atom is 0.120 e. The van der Waals surface area contributed by atoms with Crippen LogP contribution >= 0.6 is 0 Å². The maximum atomic E-state index is 10.6. The Labute approximate surface area is 124 Å². The third-order valence-corrected chi connectivity index (χ3v) is 3.60. The largest absolute Gasteiger partial charge is 0.303 e. The Kier molecular flexibility index (Phi) is 8.69. The first-order valence-electron chi connectivity index (χ1n) is 7.98. The maximum absolute atomic E-state index is 10.6. The van der Waals surface area contributed by atoms with Gasteiger partial charge in [0.1, 0.15) is 6.29 Å². The van der Waals surface area contributed by atoms with Gasteiger partial charge in [0.15, 0.2) is 0 Å². The molecular formula is C19H28O. The summed E-state index contributed by atoms with van der Waals surface area (Å²) in [4.78, 5) is 10.6. The quantitative estimate of drug-likeness (QED) is 0.426. The molecule has 0 N–H and O–H groups in total. The predicted octanol–water partition coefficient (Wildman–Crippen LogP) is 5.13. The first-order valence-corrected chi connectivity index (χ1v) is 7.98. The van der Waals surface area contributed by atoms with Crippen molar-refractivity contribution >= 4 is 6.29 Å². The molecule has 110 valence electrons. The summed E-state index contributed by atoms with van der Waals surface area (Å²) in [5.41, 5.74) is 2.86. The summed E-state index contributed by atoms with van der Waals surface area (Å²) in [5.74, 6) is 0.434. The lowest BCUT2D eigenvalue weighted by Gasteiger charge is -2.07. The summed E-state index contributed by atoms with van der Waals surface area (Å²) < 4.78 is 0. The molecule has 1 atom stereocenters. The Balaban J connectivity index is 2.42. The van der Waals surface area contributed by atoms with Gasteiger partial charge in [0.25, 0.3) is 0 Å². The number of hydrogen-bond donors (Lipinski definition) is 0. The third-order valence-electron chi connectivity index (χ3n) is 3.60. The van der Waals surface area contributed by atoms with Crippen molar-refractivity contribution in [2.24, 2.45) is 5.92 Å². The fraction of sp³-hybridized carbons (Fsp3) is 0.526. The van der Waals surface area contributed by atoms with Crippen LogP contribution in [0.4, 0.5) is 0 Å². The fourth-order valence-corrected chi connectivity index (χ4v) is 2.56. The number of aryl methyl sites for hydroxylation is 2. The van der Waals surface area contributed by atoms with Crippen molar-refractivity contribution in [3.05, 3.63) is 47.5 Å². The van der Waals surface area contributed by atoms with E-state index in [1.807, 2.05) is 0 Å². The predicted molar refractivity (Wildman–Crippen MR) is 87.0 cm³/mol. The number of allylic oxidation sites excluding steroid dienone is 2. The number of hydrogen-bond acceptors (Lipinski definition) is 1. The van der Waals surface area contributed by atoms with Crippen LogP contribution in [-0.2, 0) is 17.6 Å². The third kappa shape index (κ3) is 6.70. The first kappa shape index (κ1) is 16.7. The van der Waals surface area contributed by atoms with Gasteiger partial charge in [0, 0.05) is 6.42 Å². The van der Waals surface area contributed by atoms with Crippen LogP contribution in [0.3, 0.4) is 0 Å². The molecule has 0 spiro atoms. The van der Waals surface area contributed by atoms with Crippen LogP contribution in [0, 0.1) is 5.92 Å². The monoisotopic (exact) mass is 272 g/mol. The number of rotatable bonds is 10. The summed E-state index contributed by atoms with van der Waals surface area (Å²) in [6.07, 6.45) is 13.0. The summed E-state index contributed by atoms with van der Waals surface area (Å²) in [5, 5.41) is 0. The Hall–Kier alpha value is -1.37. The molecule has 1 rings (SSSR count). The highest BCUT2D eigenvalue weighted by Crippen LogP contribution is 2.13. The average Bonchev–Trinajstić information content (AvgIpc) is 2.45. The van der Waals surface area contributed by atoms with E-state index >= 15 is 0 Å². The smallest absolute Gasteiger partial charge is 0.120 e. The molecule has 0 radical (unpaired) electrons. The topological polar surface area (TPSA) is 17.1 Å². The molecule has 0 fully saturated rings. The molecule has 0 bridgehead atoms. The zero-order valence-corrected chi connectivity index (χ0v) is 13.0. The van der Waals surface area contributed by atoms with Crippen molar-refractivity contribution in [1.82, 2.24) is 0 Å². The average molecular weight is 272 g/mol. The molecular weight excluding hydrogens is 244 g/mol. The van der Waals surface area contributed by atoms with Crippen LogP contribution in [-0.4, -0.2) is 6.29 Å². The van der Waals surface area contributed by atoms with Crippen molar-refractivity contribution in [2.45, 2.75) is 58.8 Å². The standard InChI is InChI=1S/C19H28O/c1-3-8-17(14-15-20)10-5-6-11-19-13-7-12-18(16-19)9-4-2/h5,7,10,12-13,15-17H,3-4,6,8-9,11,14H2,1-2H3/b10-5+. The molecule has 1 aromatic carbocycles. The Morgan fingerprint density at radius 1 is 1.10 bits per heavy atom. The van der Waals surface area contributed by atoms with E-state index in [1.54, 1.807) is 0 Å². The van der Waals surface area contributed by atoms with Gasteiger partial charge in [0.2, 0.25) is 0 Å². The minimum absolute atomic E-state index is 0.434. The van der Waals surface area contributed by atoms with E-state index in [9.17, 15) is 4.79 Å². The summed E-state index contributed by atoms with van der Waals surface area (Å²) >= 11 is 0. The van der Waals surface area contributed by atoms with Crippen LogP contribution in [0.2, 0.25) is 0 Å². The molecule has 1 heteroatoms. The van der Waals surface area contributed by atoms with E-state index in [4.69, 9.17) is 0 Å². The summed E-state index contributed by atoms with van der Waals surface area (Å²) in [7, 11) is 0. The van der Waals surface area contributed by atoms with E-state index < -0.39 is 0 Å². The van der Waals surface area contributed by atoms with Gasteiger partial charge in [-0.25, -0.2) is 0 Å². The summed E-state index contributed by atoms with van der Waals surface area (Å²) in [6.45, 7) is 4.39. The lowest BCUT2D eigenvalue weighted by molar-refractivity contribution is -0.108. The van der Waals surface area contributed by atoms with Crippen LogP contribution in [0.15, 0.2) is 36.4 Å². The van der Waals surface area contributed by atoms with Gasteiger partial charge in [-0.05, 0) is 42.7 Å². The van der Waals surface area contributed by atoms with Crippen molar-refractivity contribution in [3.8, 4) is 0 Å². The van der Waals surface area contributed by atoms with Crippen molar-refractivity contribution < 1.29 is 4.79 Å². The molecule has 0 aliphatic rings. The summed E-state index contributed by atoms with van der Waals surface area (Å²) in [6, 6.07) is 8.91. The Bertz CT molecular complexity index is 406.